The Labute approximate surface area is 194 Å². The van der Waals surface area contributed by atoms with Crippen molar-refractivity contribution < 1.29 is 18.1 Å². The minimum atomic E-state index is -4.61. The summed E-state index contributed by atoms with van der Waals surface area (Å²) in [7, 11) is 0. The van der Waals surface area contributed by atoms with E-state index in [1.54, 1.807) is 42.5 Å². The van der Waals surface area contributed by atoms with Crippen molar-refractivity contribution >= 4 is 16.8 Å². The molecule has 1 aliphatic rings. The molecule has 4 aromatic carbocycles. The maximum atomic E-state index is 14.9. The van der Waals surface area contributed by atoms with Crippen molar-refractivity contribution in [3.8, 4) is 11.1 Å². The molecule has 5 rings (SSSR count). The van der Waals surface area contributed by atoms with Crippen LogP contribution in [0, 0.1) is 10.1 Å². The minimum absolute atomic E-state index is 0.117. The van der Waals surface area contributed by atoms with E-state index in [9.17, 15) is 23.3 Å². The zero-order valence-corrected chi connectivity index (χ0v) is 17.8. The number of allylic oxidation sites excluding steroid dienone is 2. The molecule has 0 spiro atoms. The molecule has 0 fully saturated rings. The molecule has 1 aliphatic carbocycles. The molecule has 4 aromatic rings. The fraction of sp³-hybridized carbons (Fsp3) is 0.0714. The molecule has 0 saturated heterocycles. The lowest BCUT2D eigenvalue weighted by Gasteiger charge is -2.25. The second-order valence-electron chi connectivity index (χ2n) is 8.11. The van der Waals surface area contributed by atoms with Crippen LogP contribution in [-0.2, 0) is 5.41 Å². The number of nitro groups is 1. The fourth-order valence-electron chi connectivity index (χ4n) is 4.64. The predicted molar refractivity (Wildman–Crippen MR) is 126 cm³/mol. The summed E-state index contributed by atoms with van der Waals surface area (Å²) in [6.07, 6.45) is -4.61. The minimum Gasteiger partial charge on any atom is -0.258 e. The number of non-ortho nitro benzene ring substituents is 1. The van der Waals surface area contributed by atoms with Crippen molar-refractivity contribution in [2.45, 2.75) is 11.6 Å². The van der Waals surface area contributed by atoms with Crippen molar-refractivity contribution in [1.82, 2.24) is 0 Å². The van der Waals surface area contributed by atoms with Crippen molar-refractivity contribution in [3.05, 3.63) is 136 Å². The molecule has 1 atom stereocenters. The Morgan fingerprint density at radius 3 is 1.47 bits per heavy atom. The lowest BCUT2D eigenvalue weighted by atomic mass is 9.83. The number of nitro benzene ring substituents is 1. The molecule has 3 nitrogen and oxygen atoms in total. The van der Waals surface area contributed by atoms with Crippen LogP contribution in [0.15, 0.2) is 109 Å². The molecular formula is C28H18F3NO2. The highest BCUT2D eigenvalue weighted by Crippen LogP contribution is 2.71. The molecular weight excluding hydrogens is 439 g/mol. The topological polar surface area (TPSA) is 43.1 Å². The summed E-state index contributed by atoms with van der Waals surface area (Å²) >= 11 is 0. The van der Waals surface area contributed by atoms with Gasteiger partial charge in [0, 0.05) is 12.1 Å². The van der Waals surface area contributed by atoms with Crippen molar-refractivity contribution in [3.63, 3.8) is 0 Å². The highest BCUT2D eigenvalue weighted by Gasteiger charge is 2.71. The van der Waals surface area contributed by atoms with Gasteiger partial charge in [0.25, 0.3) is 5.69 Å². The van der Waals surface area contributed by atoms with Crippen molar-refractivity contribution in [1.29, 1.82) is 0 Å². The highest BCUT2D eigenvalue weighted by atomic mass is 19.4. The first-order chi connectivity index (χ1) is 16.3. The average Bonchev–Trinajstić information content (AvgIpc) is 3.57. The first-order valence-corrected chi connectivity index (χ1v) is 10.6. The molecule has 6 heteroatoms. The van der Waals surface area contributed by atoms with E-state index in [1.807, 2.05) is 30.3 Å². The van der Waals surface area contributed by atoms with E-state index in [1.165, 1.54) is 36.4 Å². The van der Waals surface area contributed by atoms with Gasteiger partial charge in [-0.1, -0.05) is 84.9 Å². The Morgan fingerprint density at radius 1 is 0.588 bits per heavy atom. The van der Waals surface area contributed by atoms with Gasteiger partial charge < -0.3 is 0 Å². The van der Waals surface area contributed by atoms with E-state index in [4.69, 9.17) is 0 Å². The highest BCUT2D eigenvalue weighted by molar-refractivity contribution is 6.20. The van der Waals surface area contributed by atoms with E-state index >= 15 is 0 Å². The monoisotopic (exact) mass is 457 g/mol. The van der Waals surface area contributed by atoms with Gasteiger partial charge in [-0.25, -0.2) is 0 Å². The van der Waals surface area contributed by atoms with E-state index in [2.05, 4.69) is 0 Å². The summed E-state index contributed by atoms with van der Waals surface area (Å²) in [6, 6.07) is 29.6. The molecule has 168 valence electrons. The fourth-order valence-corrected chi connectivity index (χ4v) is 4.64. The van der Waals surface area contributed by atoms with Gasteiger partial charge in [0.2, 0.25) is 0 Å². The number of hydrogen-bond acceptors (Lipinski definition) is 2. The molecule has 1 unspecified atom stereocenters. The maximum Gasteiger partial charge on any atom is 0.406 e. The lowest BCUT2D eigenvalue weighted by Crippen LogP contribution is -2.33. The van der Waals surface area contributed by atoms with Gasteiger partial charge in [0.1, 0.15) is 5.41 Å². The molecule has 0 bridgehead atoms. The third-order valence-electron chi connectivity index (χ3n) is 6.22. The normalized spacial score (nSPS) is 17.5. The third kappa shape index (κ3) is 3.39. The average molecular weight is 457 g/mol. The molecule has 34 heavy (non-hydrogen) atoms. The standard InChI is InChI=1S/C28H18F3NO2/c29-28(30,31)27(23-15-11-20(12-16-23)19-7-3-1-4-8-19)25(21-9-5-2-6-10-21)26(27)22-13-17-24(18-14-22)32(33)34/h1-18H. The quantitative estimate of drug-likeness (QED) is 0.228. The van der Waals surface area contributed by atoms with Gasteiger partial charge in [-0.15, -0.1) is 0 Å². The number of benzene rings is 4. The smallest absolute Gasteiger partial charge is 0.258 e. The van der Waals surface area contributed by atoms with Crippen LogP contribution in [0.3, 0.4) is 0 Å². The van der Waals surface area contributed by atoms with E-state index in [0.29, 0.717) is 11.1 Å². The third-order valence-corrected chi connectivity index (χ3v) is 6.22. The van der Waals surface area contributed by atoms with Crippen LogP contribution < -0.4 is 0 Å². The maximum absolute atomic E-state index is 14.9. The lowest BCUT2D eigenvalue weighted by molar-refractivity contribution is -0.384. The van der Waals surface area contributed by atoms with Crippen molar-refractivity contribution in [2.75, 3.05) is 0 Å². The number of rotatable bonds is 5. The first-order valence-electron chi connectivity index (χ1n) is 10.6. The van der Waals surface area contributed by atoms with Crippen LogP contribution in [0.5, 0.6) is 0 Å². The van der Waals surface area contributed by atoms with Crippen molar-refractivity contribution in [2.24, 2.45) is 0 Å². The second-order valence-corrected chi connectivity index (χ2v) is 8.11. The Balaban J connectivity index is 1.67. The molecule has 0 heterocycles. The van der Waals surface area contributed by atoms with Gasteiger partial charge in [0.15, 0.2) is 0 Å². The van der Waals surface area contributed by atoms with E-state index in [0.717, 1.165) is 11.1 Å². The number of alkyl halides is 3. The molecule has 0 N–H and O–H groups in total. The number of nitrogens with zero attached hydrogens (tertiary/aromatic N) is 1. The van der Waals surface area contributed by atoms with Crippen LogP contribution in [-0.4, -0.2) is 11.1 Å². The zero-order valence-electron chi connectivity index (χ0n) is 17.8. The summed E-state index contributed by atoms with van der Waals surface area (Å²) in [4.78, 5) is 10.5. The van der Waals surface area contributed by atoms with Crippen LogP contribution in [0.25, 0.3) is 22.3 Å². The molecule has 0 aromatic heterocycles. The Hall–Kier alpha value is -4.19. The molecule has 0 saturated carbocycles. The second kappa shape index (κ2) is 7.99. The number of halogens is 3. The first kappa shape index (κ1) is 21.6. The van der Waals surface area contributed by atoms with Crippen LogP contribution >= 0.6 is 0 Å². The van der Waals surface area contributed by atoms with Gasteiger partial charge in [0.05, 0.1) is 4.92 Å². The van der Waals surface area contributed by atoms with Gasteiger partial charge in [-0.3, -0.25) is 10.1 Å². The summed E-state index contributed by atoms with van der Waals surface area (Å²) in [5, 5.41) is 11.1. The number of hydrogen-bond donors (Lipinski definition) is 0. The van der Waals surface area contributed by atoms with Gasteiger partial charge >= 0.3 is 6.18 Å². The van der Waals surface area contributed by atoms with Crippen LogP contribution in [0.4, 0.5) is 18.9 Å². The Bertz CT molecular complexity index is 1380. The summed E-state index contributed by atoms with van der Waals surface area (Å²) in [6.45, 7) is 0. The summed E-state index contributed by atoms with van der Waals surface area (Å²) in [5.41, 5.74) is 0.463. The van der Waals surface area contributed by atoms with E-state index < -0.39 is 16.5 Å². The Kier molecular flexibility index (Phi) is 5.09. The molecule has 0 radical (unpaired) electrons. The summed E-state index contributed by atoms with van der Waals surface area (Å²) < 4.78 is 44.8. The molecule has 0 amide bonds. The van der Waals surface area contributed by atoms with Gasteiger partial charge in [-0.05, 0) is 51.1 Å². The largest absolute Gasteiger partial charge is 0.406 e. The SMILES string of the molecule is O=[N+]([O-])c1ccc(C2=C(c3ccccc3)C2(c2ccc(-c3ccccc3)cc2)C(F)(F)F)cc1. The predicted octanol–water partition coefficient (Wildman–Crippen LogP) is 7.69. The van der Waals surface area contributed by atoms with Gasteiger partial charge in [-0.2, -0.15) is 13.2 Å². The van der Waals surface area contributed by atoms with Crippen LogP contribution in [0.2, 0.25) is 0 Å². The zero-order chi connectivity index (χ0) is 23.9. The van der Waals surface area contributed by atoms with Crippen LogP contribution in [0.1, 0.15) is 16.7 Å². The van der Waals surface area contributed by atoms with E-state index in [-0.39, 0.29) is 22.4 Å². The Morgan fingerprint density at radius 2 is 1.00 bits per heavy atom. The molecule has 0 aliphatic heterocycles. The summed E-state index contributed by atoms with van der Waals surface area (Å²) in [5.74, 6) is 0.